The van der Waals surface area contributed by atoms with Gasteiger partial charge in [-0.25, -0.2) is 0 Å². The minimum atomic E-state index is -4.42. The average Bonchev–Trinajstić information content (AvgIpc) is 3.23. The van der Waals surface area contributed by atoms with Crippen LogP contribution in [-0.4, -0.2) is 64.0 Å². The summed E-state index contributed by atoms with van der Waals surface area (Å²) >= 11 is 0. The zero-order valence-corrected chi connectivity index (χ0v) is 19.8. The molecule has 0 saturated carbocycles. The van der Waals surface area contributed by atoms with Gasteiger partial charge in [-0.1, -0.05) is 0 Å². The van der Waals surface area contributed by atoms with Crippen LogP contribution in [0.25, 0.3) is 0 Å². The number of benzene rings is 1. The Morgan fingerprint density at radius 1 is 1.19 bits per heavy atom. The molecule has 7 nitrogen and oxygen atoms in total. The normalized spacial score (nSPS) is 16.5. The molecule has 1 saturated heterocycles. The lowest BCUT2D eigenvalue weighted by molar-refractivity contribution is -0.137. The van der Waals surface area contributed by atoms with Gasteiger partial charge in [0.25, 0.3) is 5.91 Å². The predicted octanol–water partition coefficient (Wildman–Crippen LogP) is 2.80. The van der Waals surface area contributed by atoms with E-state index in [1.807, 2.05) is 6.92 Å². The van der Waals surface area contributed by atoms with E-state index >= 15 is 0 Å². The second-order valence-corrected chi connectivity index (χ2v) is 6.73. The lowest BCUT2D eigenvalue weighted by Crippen LogP contribution is -2.41. The monoisotopic (exact) mass is 558 g/mol. The SMILES string of the molecule is CCNC(=NCCCOC1CCOC1)NCCNC(=O)c1ccc(C(F)(F)F)cc1.I. The molecule has 0 aliphatic carbocycles. The molecule has 1 amide bonds. The molecule has 0 spiro atoms. The minimum Gasteiger partial charge on any atom is -0.379 e. The van der Waals surface area contributed by atoms with Crippen molar-refractivity contribution < 1.29 is 27.4 Å². The van der Waals surface area contributed by atoms with Gasteiger partial charge in [-0.3, -0.25) is 9.79 Å². The molecule has 1 aromatic rings. The highest BCUT2D eigenvalue weighted by atomic mass is 127. The number of amides is 1. The summed E-state index contributed by atoms with van der Waals surface area (Å²) in [5, 5.41) is 8.88. The third kappa shape index (κ3) is 10.5. The maximum Gasteiger partial charge on any atom is 0.416 e. The number of guanidine groups is 1. The Morgan fingerprint density at radius 2 is 1.90 bits per heavy atom. The number of alkyl halides is 3. The molecular formula is C20H30F3IN4O3. The molecule has 11 heteroatoms. The topological polar surface area (TPSA) is 84.0 Å². The van der Waals surface area contributed by atoms with Crippen LogP contribution in [0.4, 0.5) is 13.2 Å². The fourth-order valence-corrected chi connectivity index (χ4v) is 2.76. The smallest absolute Gasteiger partial charge is 0.379 e. The summed E-state index contributed by atoms with van der Waals surface area (Å²) in [7, 11) is 0. The number of hydrogen-bond acceptors (Lipinski definition) is 4. The first-order chi connectivity index (χ1) is 14.4. The van der Waals surface area contributed by atoms with Crippen molar-refractivity contribution in [2.75, 3.05) is 46.0 Å². The van der Waals surface area contributed by atoms with Crippen molar-refractivity contribution in [2.24, 2.45) is 4.99 Å². The molecular weight excluding hydrogens is 528 g/mol. The van der Waals surface area contributed by atoms with Crippen molar-refractivity contribution in [3.05, 3.63) is 35.4 Å². The number of hydrogen-bond donors (Lipinski definition) is 3. The zero-order valence-electron chi connectivity index (χ0n) is 17.5. The largest absolute Gasteiger partial charge is 0.416 e. The van der Waals surface area contributed by atoms with Crippen LogP contribution >= 0.6 is 24.0 Å². The van der Waals surface area contributed by atoms with Crippen molar-refractivity contribution >= 4 is 35.8 Å². The van der Waals surface area contributed by atoms with E-state index in [4.69, 9.17) is 9.47 Å². The lowest BCUT2D eigenvalue weighted by Gasteiger charge is -2.13. The fraction of sp³-hybridized carbons (Fsp3) is 0.600. The van der Waals surface area contributed by atoms with Crippen molar-refractivity contribution in [3.8, 4) is 0 Å². The molecule has 1 aliphatic heterocycles. The van der Waals surface area contributed by atoms with Crippen molar-refractivity contribution in [2.45, 2.75) is 32.0 Å². The van der Waals surface area contributed by atoms with Gasteiger partial charge in [-0.15, -0.1) is 24.0 Å². The number of nitrogens with zero attached hydrogens (tertiary/aromatic N) is 1. The molecule has 1 atom stereocenters. The quantitative estimate of drug-likeness (QED) is 0.178. The summed E-state index contributed by atoms with van der Waals surface area (Å²) in [5.74, 6) is 0.200. The summed E-state index contributed by atoms with van der Waals surface area (Å²) in [4.78, 5) is 16.5. The van der Waals surface area contributed by atoms with Crippen LogP contribution in [-0.2, 0) is 15.7 Å². The Morgan fingerprint density at radius 3 is 2.52 bits per heavy atom. The van der Waals surface area contributed by atoms with E-state index in [2.05, 4.69) is 20.9 Å². The van der Waals surface area contributed by atoms with E-state index in [9.17, 15) is 18.0 Å². The number of rotatable bonds is 10. The number of aliphatic imine (C=N–C) groups is 1. The van der Waals surface area contributed by atoms with Crippen LogP contribution in [0.15, 0.2) is 29.3 Å². The zero-order chi connectivity index (χ0) is 21.8. The third-order valence-electron chi connectivity index (χ3n) is 4.34. The second kappa shape index (κ2) is 14.5. The number of nitrogens with one attached hydrogen (secondary N) is 3. The van der Waals surface area contributed by atoms with Gasteiger partial charge in [0, 0.05) is 45.0 Å². The highest BCUT2D eigenvalue weighted by Crippen LogP contribution is 2.29. The molecule has 1 fully saturated rings. The van der Waals surface area contributed by atoms with E-state index < -0.39 is 17.6 Å². The van der Waals surface area contributed by atoms with E-state index in [1.54, 1.807) is 0 Å². The first-order valence-corrected chi connectivity index (χ1v) is 10.1. The summed E-state index contributed by atoms with van der Waals surface area (Å²) < 4.78 is 48.7. The molecule has 1 heterocycles. The van der Waals surface area contributed by atoms with Crippen molar-refractivity contribution in [1.29, 1.82) is 0 Å². The van der Waals surface area contributed by atoms with Crippen LogP contribution in [0.3, 0.4) is 0 Å². The minimum absolute atomic E-state index is 0. The van der Waals surface area contributed by atoms with Gasteiger partial charge in [0.2, 0.25) is 0 Å². The second-order valence-electron chi connectivity index (χ2n) is 6.73. The maximum absolute atomic E-state index is 12.6. The Labute approximate surface area is 197 Å². The predicted molar refractivity (Wildman–Crippen MR) is 123 cm³/mol. The van der Waals surface area contributed by atoms with Gasteiger partial charge in [0.15, 0.2) is 5.96 Å². The molecule has 0 bridgehead atoms. The van der Waals surface area contributed by atoms with E-state index in [1.165, 1.54) is 0 Å². The molecule has 1 unspecified atom stereocenters. The molecule has 3 N–H and O–H groups in total. The molecule has 31 heavy (non-hydrogen) atoms. The molecule has 0 radical (unpaired) electrons. The van der Waals surface area contributed by atoms with E-state index in [-0.39, 0.29) is 35.6 Å². The Bertz CT molecular complexity index is 681. The highest BCUT2D eigenvalue weighted by molar-refractivity contribution is 14.0. The van der Waals surface area contributed by atoms with Crippen LogP contribution in [0, 0.1) is 0 Å². The van der Waals surface area contributed by atoms with E-state index in [0.29, 0.717) is 45.4 Å². The van der Waals surface area contributed by atoms with Gasteiger partial charge in [0.1, 0.15) is 0 Å². The number of ether oxygens (including phenoxy) is 2. The fourth-order valence-electron chi connectivity index (χ4n) is 2.76. The molecule has 176 valence electrons. The van der Waals surface area contributed by atoms with Gasteiger partial charge in [0.05, 0.1) is 18.3 Å². The number of carbonyl (C=O) groups is 1. The maximum atomic E-state index is 12.6. The van der Waals surface area contributed by atoms with E-state index in [0.717, 1.165) is 43.7 Å². The van der Waals surface area contributed by atoms with Gasteiger partial charge < -0.3 is 25.4 Å². The summed E-state index contributed by atoms with van der Waals surface area (Å²) in [6.07, 6.45) is -2.50. The molecule has 1 aromatic carbocycles. The van der Waals surface area contributed by atoms with Gasteiger partial charge >= 0.3 is 6.18 Å². The van der Waals surface area contributed by atoms with Crippen molar-refractivity contribution in [3.63, 3.8) is 0 Å². The van der Waals surface area contributed by atoms with Crippen LogP contribution < -0.4 is 16.0 Å². The summed E-state index contributed by atoms with van der Waals surface area (Å²) in [5.41, 5.74) is -0.606. The Kier molecular flexibility index (Phi) is 12.8. The summed E-state index contributed by atoms with van der Waals surface area (Å²) in [6, 6.07) is 4.12. The first-order valence-electron chi connectivity index (χ1n) is 10.1. The van der Waals surface area contributed by atoms with Gasteiger partial charge in [-0.05, 0) is 44.0 Å². The molecule has 0 aromatic heterocycles. The third-order valence-corrected chi connectivity index (χ3v) is 4.34. The van der Waals surface area contributed by atoms with Crippen LogP contribution in [0.1, 0.15) is 35.7 Å². The molecule has 2 rings (SSSR count). The average molecular weight is 558 g/mol. The standard InChI is InChI=1S/C20H29F3N4O3.HI/c1-2-24-19(26-9-3-12-30-17-8-13-29-14-17)27-11-10-25-18(28)15-4-6-16(7-5-15)20(21,22)23;/h4-7,17H,2-3,8-14H2,1H3,(H,25,28)(H2,24,26,27);1H. The first kappa shape index (κ1) is 27.4. The number of halogens is 4. The van der Waals surface area contributed by atoms with Crippen LogP contribution in [0.2, 0.25) is 0 Å². The Balaban J connectivity index is 0.00000480. The lowest BCUT2D eigenvalue weighted by atomic mass is 10.1. The Hall–Kier alpha value is -1.60. The van der Waals surface area contributed by atoms with Gasteiger partial charge in [-0.2, -0.15) is 13.2 Å². The highest BCUT2D eigenvalue weighted by Gasteiger charge is 2.30. The van der Waals surface area contributed by atoms with Crippen molar-refractivity contribution in [1.82, 2.24) is 16.0 Å². The number of carbonyl (C=O) groups excluding carboxylic acids is 1. The van der Waals surface area contributed by atoms with Crippen LogP contribution in [0.5, 0.6) is 0 Å². The molecule has 1 aliphatic rings. The summed E-state index contributed by atoms with van der Waals surface area (Å²) in [6.45, 7) is 6.01.